The van der Waals surface area contributed by atoms with Crippen LogP contribution in [0.3, 0.4) is 0 Å². The zero-order valence-corrected chi connectivity index (χ0v) is 14.9. The highest BCUT2D eigenvalue weighted by atomic mass is 79.9. The third-order valence-corrected chi connectivity index (χ3v) is 6.72. The van der Waals surface area contributed by atoms with Crippen molar-refractivity contribution >= 4 is 53.3 Å². The lowest BCUT2D eigenvalue weighted by atomic mass is 10.1. The third kappa shape index (κ3) is 2.58. The maximum atomic E-state index is 12.9. The molecular formula is C14H12Br2N2O2S. The Bertz CT molecular complexity index is 822. The lowest BCUT2D eigenvalue weighted by Gasteiger charge is -2.20. The number of fused-ring (bicyclic) bond motifs is 1. The fourth-order valence-electron chi connectivity index (χ4n) is 2.43. The Morgan fingerprint density at radius 2 is 1.86 bits per heavy atom. The van der Waals surface area contributed by atoms with E-state index in [0.29, 0.717) is 28.8 Å². The predicted molar refractivity (Wildman–Crippen MR) is 90.9 cm³/mol. The molecule has 21 heavy (non-hydrogen) atoms. The molecule has 0 aromatic heterocycles. The highest BCUT2D eigenvalue weighted by Gasteiger charge is 2.32. The van der Waals surface area contributed by atoms with Crippen molar-refractivity contribution in [2.75, 3.05) is 16.6 Å². The van der Waals surface area contributed by atoms with E-state index in [2.05, 4.69) is 31.9 Å². The van der Waals surface area contributed by atoms with Gasteiger partial charge in [-0.1, -0.05) is 15.9 Å². The zero-order valence-electron chi connectivity index (χ0n) is 10.9. The van der Waals surface area contributed by atoms with Crippen LogP contribution in [0.15, 0.2) is 50.2 Å². The van der Waals surface area contributed by atoms with Crippen LogP contribution in [-0.4, -0.2) is 15.0 Å². The summed E-state index contributed by atoms with van der Waals surface area (Å²) in [5.74, 6) is 0. The van der Waals surface area contributed by atoms with Crippen LogP contribution in [0.5, 0.6) is 0 Å². The van der Waals surface area contributed by atoms with E-state index in [1.165, 1.54) is 4.31 Å². The topological polar surface area (TPSA) is 63.4 Å². The number of hydrogen-bond acceptors (Lipinski definition) is 3. The fourth-order valence-corrected chi connectivity index (χ4v) is 5.40. The molecule has 1 aliphatic heterocycles. The molecule has 2 N–H and O–H groups in total. The first-order chi connectivity index (χ1) is 9.89. The molecule has 1 aliphatic rings. The van der Waals surface area contributed by atoms with Gasteiger partial charge in [0.2, 0.25) is 0 Å². The van der Waals surface area contributed by atoms with Gasteiger partial charge in [-0.15, -0.1) is 0 Å². The van der Waals surface area contributed by atoms with Crippen molar-refractivity contribution in [3.8, 4) is 0 Å². The number of anilines is 2. The van der Waals surface area contributed by atoms with Crippen LogP contribution in [0.4, 0.5) is 11.4 Å². The first kappa shape index (κ1) is 14.9. The second-order valence-electron chi connectivity index (χ2n) is 4.79. The van der Waals surface area contributed by atoms with Crippen LogP contribution < -0.4 is 10.0 Å². The molecule has 110 valence electrons. The van der Waals surface area contributed by atoms with Crippen LogP contribution in [0.25, 0.3) is 0 Å². The van der Waals surface area contributed by atoms with Crippen molar-refractivity contribution in [1.82, 2.24) is 0 Å². The van der Waals surface area contributed by atoms with E-state index < -0.39 is 10.0 Å². The first-order valence-corrected chi connectivity index (χ1v) is 9.28. The Balaban J connectivity index is 2.11. The van der Waals surface area contributed by atoms with Gasteiger partial charge in [0.05, 0.1) is 5.69 Å². The van der Waals surface area contributed by atoms with E-state index >= 15 is 0 Å². The van der Waals surface area contributed by atoms with Gasteiger partial charge in [0.25, 0.3) is 10.0 Å². The Labute approximate surface area is 140 Å². The van der Waals surface area contributed by atoms with Gasteiger partial charge in [-0.05, 0) is 64.3 Å². The molecule has 0 unspecified atom stereocenters. The van der Waals surface area contributed by atoms with Gasteiger partial charge in [0, 0.05) is 21.2 Å². The number of rotatable bonds is 2. The SMILES string of the molecule is Nc1ccc2c(c1)CCN2S(=O)(=O)c1cc(Br)ccc1Br. The molecular weight excluding hydrogens is 420 g/mol. The summed E-state index contributed by atoms with van der Waals surface area (Å²) in [4.78, 5) is 0.251. The molecule has 2 aromatic rings. The predicted octanol–water partition coefficient (Wildman–Crippen LogP) is 3.55. The maximum absolute atomic E-state index is 12.9. The Morgan fingerprint density at radius 3 is 2.62 bits per heavy atom. The molecule has 0 radical (unpaired) electrons. The summed E-state index contributed by atoms with van der Waals surface area (Å²) >= 11 is 6.64. The molecule has 4 nitrogen and oxygen atoms in total. The number of hydrogen-bond donors (Lipinski definition) is 1. The van der Waals surface area contributed by atoms with E-state index in [9.17, 15) is 8.42 Å². The number of benzene rings is 2. The Hall–Kier alpha value is -1.05. The number of nitrogen functional groups attached to an aromatic ring is 1. The van der Waals surface area contributed by atoms with Crippen molar-refractivity contribution in [2.45, 2.75) is 11.3 Å². The largest absolute Gasteiger partial charge is 0.399 e. The summed E-state index contributed by atoms with van der Waals surface area (Å²) in [5.41, 5.74) is 8.08. The molecule has 0 fully saturated rings. The normalized spacial score (nSPS) is 14.3. The van der Waals surface area contributed by atoms with E-state index in [0.717, 1.165) is 10.0 Å². The summed E-state index contributed by atoms with van der Waals surface area (Å²) < 4.78 is 28.5. The summed E-state index contributed by atoms with van der Waals surface area (Å²) in [6.07, 6.45) is 0.672. The lowest BCUT2D eigenvalue weighted by Crippen LogP contribution is -2.29. The molecule has 0 bridgehead atoms. The molecule has 1 heterocycles. The van der Waals surface area contributed by atoms with E-state index in [4.69, 9.17) is 5.73 Å². The van der Waals surface area contributed by atoms with Crippen LogP contribution in [0, 0.1) is 0 Å². The molecule has 0 atom stereocenters. The zero-order chi connectivity index (χ0) is 15.2. The second kappa shape index (κ2) is 5.30. The number of nitrogens with two attached hydrogens (primary N) is 1. The van der Waals surface area contributed by atoms with Crippen LogP contribution in [0.2, 0.25) is 0 Å². The van der Waals surface area contributed by atoms with E-state index in [1.54, 1.807) is 30.3 Å². The third-order valence-electron chi connectivity index (χ3n) is 3.42. The summed E-state index contributed by atoms with van der Waals surface area (Å²) in [6.45, 7) is 0.431. The van der Waals surface area contributed by atoms with Gasteiger partial charge in [0.1, 0.15) is 4.90 Å². The Kier molecular flexibility index (Phi) is 3.75. The standard InChI is InChI=1S/C14H12Br2N2O2S/c15-10-1-3-12(16)14(8-10)21(19,20)18-6-5-9-7-11(17)2-4-13(9)18/h1-4,7-8H,5-6,17H2. The van der Waals surface area contributed by atoms with Crippen molar-refractivity contribution < 1.29 is 8.42 Å². The highest BCUT2D eigenvalue weighted by molar-refractivity contribution is 9.11. The van der Waals surface area contributed by atoms with E-state index in [1.807, 2.05) is 6.07 Å². The summed E-state index contributed by atoms with van der Waals surface area (Å²) in [5, 5.41) is 0. The molecule has 0 spiro atoms. The number of halogens is 2. The van der Waals surface area contributed by atoms with Crippen molar-refractivity contribution in [3.05, 3.63) is 50.9 Å². The minimum Gasteiger partial charge on any atom is -0.399 e. The minimum absolute atomic E-state index is 0.251. The van der Waals surface area contributed by atoms with E-state index in [-0.39, 0.29) is 4.90 Å². The second-order valence-corrected chi connectivity index (χ2v) is 8.39. The molecule has 0 amide bonds. The smallest absolute Gasteiger partial charge is 0.265 e. The van der Waals surface area contributed by atoms with Gasteiger partial charge in [-0.3, -0.25) is 4.31 Å². The van der Waals surface area contributed by atoms with Gasteiger partial charge in [-0.25, -0.2) is 8.42 Å². The molecule has 7 heteroatoms. The molecule has 0 aliphatic carbocycles. The lowest BCUT2D eigenvalue weighted by molar-refractivity contribution is 0.592. The van der Waals surface area contributed by atoms with Crippen LogP contribution in [0.1, 0.15) is 5.56 Å². The average molecular weight is 432 g/mol. The molecule has 2 aromatic carbocycles. The number of nitrogens with zero attached hydrogens (tertiary/aromatic N) is 1. The van der Waals surface area contributed by atoms with Gasteiger partial charge >= 0.3 is 0 Å². The molecule has 3 rings (SSSR count). The first-order valence-electron chi connectivity index (χ1n) is 6.26. The van der Waals surface area contributed by atoms with Crippen molar-refractivity contribution in [1.29, 1.82) is 0 Å². The summed E-state index contributed by atoms with van der Waals surface area (Å²) in [6, 6.07) is 10.4. The van der Waals surface area contributed by atoms with Gasteiger partial charge in [0.15, 0.2) is 0 Å². The van der Waals surface area contributed by atoms with Gasteiger partial charge < -0.3 is 5.73 Å². The van der Waals surface area contributed by atoms with Crippen LogP contribution >= 0.6 is 31.9 Å². The molecule has 0 saturated heterocycles. The monoisotopic (exact) mass is 430 g/mol. The fraction of sp³-hybridized carbons (Fsp3) is 0.143. The number of sulfonamides is 1. The quantitative estimate of drug-likeness (QED) is 0.739. The Morgan fingerprint density at radius 1 is 1.10 bits per heavy atom. The van der Waals surface area contributed by atoms with Crippen LogP contribution in [-0.2, 0) is 16.4 Å². The highest BCUT2D eigenvalue weighted by Crippen LogP contribution is 2.36. The van der Waals surface area contributed by atoms with Crippen molar-refractivity contribution in [3.63, 3.8) is 0 Å². The summed E-state index contributed by atoms with van der Waals surface area (Å²) in [7, 11) is -3.60. The minimum atomic E-state index is -3.60. The average Bonchev–Trinajstić information content (AvgIpc) is 2.84. The molecule has 0 saturated carbocycles. The maximum Gasteiger partial charge on any atom is 0.265 e. The van der Waals surface area contributed by atoms with Crippen molar-refractivity contribution in [2.24, 2.45) is 0 Å². The van der Waals surface area contributed by atoms with Gasteiger partial charge in [-0.2, -0.15) is 0 Å².